The molecule has 0 aliphatic heterocycles. The molecule has 2 N–H and O–H groups in total. The standard InChI is InChI=1S/C10H9BrN4O2/c1-6-4-10(12)13-14(6)9-5-7(15(16)17)2-3-8(9)11/h2-5H,1H3,(H2,12,13). The first kappa shape index (κ1) is 11.6. The average Bonchev–Trinajstić information content (AvgIpc) is 2.58. The van der Waals surface area contributed by atoms with Crippen LogP contribution < -0.4 is 5.73 Å². The molecule has 2 aromatic rings. The number of hydrogen-bond acceptors (Lipinski definition) is 4. The molecule has 6 nitrogen and oxygen atoms in total. The lowest BCUT2D eigenvalue weighted by Crippen LogP contribution is -2.01. The van der Waals surface area contributed by atoms with Gasteiger partial charge in [-0.1, -0.05) is 0 Å². The maximum absolute atomic E-state index is 10.7. The number of nitrogens with two attached hydrogens (primary N) is 1. The largest absolute Gasteiger partial charge is 0.382 e. The predicted octanol–water partition coefficient (Wildman–Crippen LogP) is 2.43. The van der Waals surface area contributed by atoms with Crippen LogP contribution >= 0.6 is 15.9 Å². The Morgan fingerprint density at radius 1 is 1.47 bits per heavy atom. The molecule has 0 spiro atoms. The van der Waals surface area contributed by atoms with Gasteiger partial charge in [0.2, 0.25) is 0 Å². The quantitative estimate of drug-likeness (QED) is 0.681. The van der Waals surface area contributed by atoms with E-state index in [9.17, 15) is 10.1 Å². The first-order chi connectivity index (χ1) is 7.99. The first-order valence-corrected chi connectivity index (χ1v) is 5.55. The van der Waals surface area contributed by atoms with E-state index >= 15 is 0 Å². The van der Waals surface area contributed by atoms with Crippen molar-refractivity contribution in [3.63, 3.8) is 0 Å². The predicted molar refractivity (Wildman–Crippen MR) is 67.1 cm³/mol. The highest BCUT2D eigenvalue weighted by molar-refractivity contribution is 9.10. The molecule has 1 heterocycles. The number of anilines is 1. The van der Waals surface area contributed by atoms with Gasteiger partial charge in [0.1, 0.15) is 5.82 Å². The second-order valence-corrected chi connectivity index (χ2v) is 4.37. The van der Waals surface area contributed by atoms with Crippen LogP contribution in [0.1, 0.15) is 5.69 Å². The molecular formula is C10H9BrN4O2. The summed E-state index contributed by atoms with van der Waals surface area (Å²) in [6.07, 6.45) is 0. The van der Waals surface area contributed by atoms with Gasteiger partial charge < -0.3 is 5.73 Å². The zero-order valence-corrected chi connectivity index (χ0v) is 10.5. The molecule has 0 aliphatic rings. The number of nitrogens with zero attached hydrogens (tertiary/aromatic N) is 3. The number of aromatic nitrogens is 2. The number of nitro benzene ring substituents is 1. The average molecular weight is 297 g/mol. The third-order valence-corrected chi connectivity index (χ3v) is 2.95. The number of benzene rings is 1. The SMILES string of the molecule is Cc1cc(N)nn1-c1cc([N+](=O)[O-])ccc1Br. The fraction of sp³-hybridized carbons (Fsp3) is 0.100. The van der Waals surface area contributed by atoms with Crippen molar-refractivity contribution in [2.45, 2.75) is 6.92 Å². The number of non-ortho nitro benzene ring substituents is 1. The molecule has 0 saturated heterocycles. The van der Waals surface area contributed by atoms with Gasteiger partial charge in [0.05, 0.1) is 10.6 Å². The molecule has 0 amide bonds. The summed E-state index contributed by atoms with van der Waals surface area (Å²) in [6.45, 7) is 1.83. The summed E-state index contributed by atoms with van der Waals surface area (Å²) in [5, 5.41) is 14.8. The highest BCUT2D eigenvalue weighted by Crippen LogP contribution is 2.27. The third-order valence-electron chi connectivity index (χ3n) is 2.28. The van der Waals surface area contributed by atoms with Crippen molar-refractivity contribution in [2.24, 2.45) is 0 Å². The Morgan fingerprint density at radius 3 is 2.71 bits per heavy atom. The lowest BCUT2D eigenvalue weighted by Gasteiger charge is -2.06. The third kappa shape index (κ3) is 2.14. The van der Waals surface area contributed by atoms with Crippen LogP contribution in [0.25, 0.3) is 5.69 Å². The molecule has 0 saturated carbocycles. The van der Waals surface area contributed by atoms with Crippen molar-refractivity contribution in [3.05, 3.63) is 44.5 Å². The Kier molecular flexibility index (Phi) is 2.84. The summed E-state index contributed by atoms with van der Waals surface area (Å²) < 4.78 is 2.28. The van der Waals surface area contributed by atoms with E-state index in [4.69, 9.17) is 5.73 Å². The number of aryl methyl sites for hydroxylation is 1. The smallest absolute Gasteiger partial charge is 0.271 e. The number of rotatable bonds is 2. The van der Waals surface area contributed by atoms with Crippen molar-refractivity contribution in [2.75, 3.05) is 5.73 Å². The number of hydrogen-bond donors (Lipinski definition) is 1. The van der Waals surface area contributed by atoms with E-state index in [2.05, 4.69) is 21.0 Å². The van der Waals surface area contributed by atoms with Gasteiger partial charge in [0, 0.05) is 28.4 Å². The van der Waals surface area contributed by atoms with Gasteiger partial charge in [0.25, 0.3) is 5.69 Å². The highest BCUT2D eigenvalue weighted by atomic mass is 79.9. The Balaban J connectivity index is 2.62. The van der Waals surface area contributed by atoms with Gasteiger partial charge >= 0.3 is 0 Å². The van der Waals surface area contributed by atoms with Crippen molar-refractivity contribution in [1.29, 1.82) is 0 Å². The van der Waals surface area contributed by atoms with E-state index in [0.717, 1.165) is 5.69 Å². The number of nitro groups is 1. The summed E-state index contributed by atoms with van der Waals surface area (Å²) in [4.78, 5) is 10.3. The highest BCUT2D eigenvalue weighted by Gasteiger charge is 2.13. The minimum absolute atomic E-state index is 0.0108. The fourth-order valence-electron chi connectivity index (χ4n) is 1.52. The second-order valence-electron chi connectivity index (χ2n) is 3.52. The lowest BCUT2D eigenvalue weighted by molar-refractivity contribution is -0.384. The van der Waals surface area contributed by atoms with Crippen molar-refractivity contribution in [1.82, 2.24) is 9.78 Å². The second kappa shape index (κ2) is 4.17. The Hall–Kier alpha value is -1.89. The van der Waals surface area contributed by atoms with Crippen LogP contribution in [0, 0.1) is 17.0 Å². The van der Waals surface area contributed by atoms with E-state index in [1.54, 1.807) is 16.8 Å². The minimum atomic E-state index is -0.446. The molecule has 0 unspecified atom stereocenters. The van der Waals surface area contributed by atoms with Crippen LogP contribution in [0.5, 0.6) is 0 Å². The molecule has 0 atom stereocenters. The van der Waals surface area contributed by atoms with E-state index in [1.807, 2.05) is 6.92 Å². The summed E-state index contributed by atoms with van der Waals surface area (Å²) in [5.41, 5.74) is 6.99. The molecule has 0 aliphatic carbocycles. The zero-order chi connectivity index (χ0) is 12.6. The van der Waals surface area contributed by atoms with Crippen LogP contribution in [0.15, 0.2) is 28.7 Å². The van der Waals surface area contributed by atoms with Gasteiger partial charge in [-0.05, 0) is 28.9 Å². The van der Waals surface area contributed by atoms with Gasteiger partial charge in [-0.15, -0.1) is 0 Å². The zero-order valence-electron chi connectivity index (χ0n) is 8.92. The van der Waals surface area contributed by atoms with Crippen molar-refractivity contribution < 1.29 is 4.92 Å². The summed E-state index contributed by atoms with van der Waals surface area (Å²) >= 11 is 3.34. The number of halogens is 1. The molecule has 17 heavy (non-hydrogen) atoms. The Labute approximate surface area is 105 Å². The maximum Gasteiger partial charge on any atom is 0.271 e. The van der Waals surface area contributed by atoms with Crippen LogP contribution in [-0.2, 0) is 0 Å². The molecule has 1 aromatic carbocycles. The molecule has 0 radical (unpaired) electrons. The van der Waals surface area contributed by atoms with Gasteiger partial charge in [-0.3, -0.25) is 10.1 Å². The van der Waals surface area contributed by atoms with E-state index < -0.39 is 4.92 Å². The van der Waals surface area contributed by atoms with Crippen LogP contribution in [0.2, 0.25) is 0 Å². The van der Waals surface area contributed by atoms with Crippen molar-refractivity contribution in [3.8, 4) is 5.69 Å². The van der Waals surface area contributed by atoms with E-state index in [0.29, 0.717) is 16.0 Å². The van der Waals surface area contributed by atoms with Crippen LogP contribution in [0.3, 0.4) is 0 Å². The summed E-state index contributed by atoms with van der Waals surface area (Å²) in [7, 11) is 0. The lowest BCUT2D eigenvalue weighted by atomic mass is 10.3. The maximum atomic E-state index is 10.7. The number of nitrogen functional groups attached to an aromatic ring is 1. The Bertz CT molecular complexity index is 594. The van der Waals surface area contributed by atoms with Crippen LogP contribution in [-0.4, -0.2) is 14.7 Å². The van der Waals surface area contributed by atoms with Crippen molar-refractivity contribution >= 4 is 27.4 Å². The van der Waals surface area contributed by atoms with E-state index in [1.165, 1.54) is 12.1 Å². The molecule has 1 aromatic heterocycles. The molecule has 88 valence electrons. The van der Waals surface area contributed by atoms with Gasteiger partial charge in [-0.2, -0.15) is 5.10 Å². The topological polar surface area (TPSA) is 87.0 Å². The summed E-state index contributed by atoms with van der Waals surface area (Å²) in [5.74, 6) is 0.376. The molecule has 7 heteroatoms. The van der Waals surface area contributed by atoms with Gasteiger partial charge in [-0.25, -0.2) is 4.68 Å². The first-order valence-electron chi connectivity index (χ1n) is 4.75. The van der Waals surface area contributed by atoms with E-state index in [-0.39, 0.29) is 5.69 Å². The summed E-state index contributed by atoms with van der Waals surface area (Å²) in [6, 6.07) is 6.19. The minimum Gasteiger partial charge on any atom is -0.382 e. The Morgan fingerprint density at radius 2 is 2.18 bits per heavy atom. The molecular weight excluding hydrogens is 288 g/mol. The fourth-order valence-corrected chi connectivity index (χ4v) is 1.93. The normalized spacial score (nSPS) is 10.5. The van der Waals surface area contributed by atoms with Gasteiger partial charge in [0.15, 0.2) is 0 Å². The monoisotopic (exact) mass is 296 g/mol. The molecule has 2 rings (SSSR count). The van der Waals surface area contributed by atoms with Crippen LogP contribution in [0.4, 0.5) is 11.5 Å². The molecule has 0 bridgehead atoms. The molecule has 0 fully saturated rings.